The van der Waals surface area contributed by atoms with Crippen LogP contribution in [-0.4, -0.2) is 48.7 Å². The molecule has 1 aromatic rings. The number of nitrogens with zero attached hydrogens (tertiary/aromatic N) is 2. The molecule has 0 radical (unpaired) electrons. The van der Waals surface area contributed by atoms with Gasteiger partial charge in [0.25, 0.3) is 10.0 Å². The molecule has 148 valence electrons. The molecule has 0 unspecified atom stereocenters. The zero-order chi connectivity index (χ0) is 20.0. The molecule has 8 nitrogen and oxygen atoms in total. The number of hydrogen-bond donors (Lipinski definition) is 2. The molecule has 1 rings (SSSR count). The van der Waals surface area contributed by atoms with Gasteiger partial charge in [0.05, 0.1) is 10.7 Å². The van der Waals surface area contributed by atoms with E-state index in [0.29, 0.717) is 6.42 Å². The summed E-state index contributed by atoms with van der Waals surface area (Å²) in [5, 5.41) is -0.194. The minimum atomic E-state index is -4.17. The number of rotatable bonds is 10. The van der Waals surface area contributed by atoms with Crippen LogP contribution < -0.4 is 10.5 Å². The van der Waals surface area contributed by atoms with Gasteiger partial charge in [-0.05, 0) is 18.6 Å². The number of nitrogens with two attached hydrogens (primary N) is 1. The highest BCUT2D eigenvalue weighted by molar-refractivity contribution is 7.91. The van der Waals surface area contributed by atoms with Crippen LogP contribution in [-0.2, 0) is 20.0 Å². The van der Waals surface area contributed by atoms with E-state index < -0.39 is 24.9 Å². The summed E-state index contributed by atoms with van der Waals surface area (Å²) in [7, 11) is -4.94. The lowest BCUT2D eigenvalue weighted by Crippen LogP contribution is -2.26. The monoisotopic (exact) mass is 424 g/mol. The molecular weight excluding hydrogens is 400 g/mol. The Bertz CT molecular complexity index is 853. The van der Waals surface area contributed by atoms with Crippen LogP contribution in [0.1, 0.15) is 32.6 Å². The van der Waals surface area contributed by atoms with Gasteiger partial charge in [-0.3, -0.25) is 0 Å². The van der Waals surface area contributed by atoms with Crippen molar-refractivity contribution in [2.75, 3.05) is 26.4 Å². The average Bonchev–Trinajstić information content (AvgIpc) is 2.52. The average molecular weight is 425 g/mol. The van der Waals surface area contributed by atoms with Crippen molar-refractivity contribution in [3.63, 3.8) is 0 Å². The SMILES string of the molecule is CCCCCCNS(=O)(=O)c1cc(S(=O)(=O)/N=C/N(C)C)c(Cl)cc1N. The van der Waals surface area contributed by atoms with E-state index in [-0.39, 0.29) is 22.2 Å². The summed E-state index contributed by atoms with van der Waals surface area (Å²) in [6, 6.07) is 2.04. The Morgan fingerprint density at radius 2 is 1.81 bits per heavy atom. The molecule has 0 saturated carbocycles. The molecule has 0 aliphatic rings. The molecule has 0 fully saturated rings. The van der Waals surface area contributed by atoms with Crippen molar-refractivity contribution in [3.05, 3.63) is 17.2 Å². The molecule has 3 N–H and O–H groups in total. The molecule has 0 amide bonds. The van der Waals surface area contributed by atoms with Crippen LogP contribution in [0.15, 0.2) is 26.3 Å². The molecule has 0 aromatic heterocycles. The molecule has 0 heterocycles. The summed E-state index contributed by atoms with van der Waals surface area (Å²) in [5.74, 6) is 0. The third-order valence-corrected chi connectivity index (χ3v) is 6.58. The lowest BCUT2D eigenvalue weighted by Gasteiger charge is -2.12. The molecule has 1 aromatic carbocycles. The van der Waals surface area contributed by atoms with Crippen LogP contribution in [0.25, 0.3) is 0 Å². The van der Waals surface area contributed by atoms with E-state index in [2.05, 4.69) is 16.0 Å². The Hall–Kier alpha value is -1.36. The summed E-state index contributed by atoms with van der Waals surface area (Å²) in [5.41, 5.74) is 5.62. The van der Waals surface area contributed by atoms with E-state index in [4.69, 9.17) is 17.3 Å². The fraction of sp³-hybridized carbons (Fsp3) is 0.533. The number of nitrogens with one attached hydrogen (secondary N) is 1. The molecule has 26 heavy (non-hydrogen) atoms. The molecule has 0 saturated heterocycles. The molecule has 11 heteroatoms. The summed E-state index contributed by atoms with van der Waals surface area (Å²) in [6.07, 6.45) is 4.71. The van der Waals surface area contributed by atoms with E-state index >= 15 is 0 Å². The Morgan fingerprint density at radius 3 is 2.38 bits per heavy atom. The Labute approximate surface area is 160 Å². The van der Waals surface area contributed by atoms with Crippen molar-refractivity contribution >= 4 is 43.7 Å². The van der Waals surface area contributed by atoms with Crippen LogP contribution in [0.4, 0.5) is 5.69 Å². The maximum absolute atomic E-state index is 12.5. The van der Waals surface area contributed by atoms with Gasteiger partial charge in [-0.1, -0.05) is 37.8 Å². The van der Waals surface area contributed by atoms with Gasteiger partial charge in [-0.2, -0.15) is 8.42 Å². The minimum Gasteiger partial charge on any atom is -0.398 e. The summed E-state index contributed by atoms with van der Waals surface area (Å²) in [6.45, 7) is 2.30. The smallest absolute Gasteiger partial charge is 0.285 e. The van der Waals surface area contributed by atoms with E-state index in [0.717, 1.165) is 37.7 Å². The second-order valence-corrected chi connectivity index (χ2v) is 9.68. The van der Waals surface area contributed by atoms with Crippen molar-refractivity contribution in [3.8, 4) is 0 Å². The summed E-state index contributed by atoms with van der Waals surface area (Å²) < 4.78 is 55.5. The second-order valence-electron chi connectivity index (χ2n) is 5.94. The number of benzene rings is 1. The molecule has 0 aliphatic carbocycles. The number of hydrogen-bond acceptors (Lipinski definition) is 5. The zero-order valence-corrected chi connectivity index (χ0v) is 17.5. The van der Waals surface area contributed by atoms with Gasteiger partial charge in [-0.25, -0.2) is 13.1 Å². The number of sulfonamides is 2. The normalized spacial score (nSPS) is 12.6. The van der Waals surface area contributed by atoms with E-state index in [1.807, 2.05) is 0 Å². The van der Waals surface area contributed by atoms with Gasteiger partial charge in [0.2, 0.25) is 10.0 Å². The Morgan fingerprint density at radius 1 is 1.15 bits per heavy atom. The molecule has 0 aliphatic heterocycles. The van der Waals surface area contributed by atoms with Crippen molar-refractivity contribution in [1.29, 1.82) is 0 Å². The second kappa shape index (κ2) is 9.54. The fourth-order valence-electron chi connectivity index (χ4n) is 2.03. The van der Waals surface area contributed by atoms with Crippen LogP contribution in [0, 0.1) is 0 Å². The molecule has 0 spiro atoms. The van der Waals surface area contributed by atoms with E-state index in [9.17, 15) is 16.8 Å². The highest BCUT2D eigenvalue weighted by Crippen LogP contribution is 2.30. The maximum atomic E-state index is 12.5. The van der Waals surface area contributed by atoms with Crippen LogP contribution >= 0.6 is 11.6 Å². The molecule has 0 atom stereocenters. The van der Waals surface area contributed by atoms with Crippen LogP contribution in [0.2, 0.25) is 5.02 Å². The highest BCUT2D eigenvalue weighted by Gasteiger charge is 2.24. The first-order chi connectivity index (χ1) is 12.0. The minimum absolute atomic E-state index is 0.133. The first kappa shape index (κ1) is 22.7. The predicted octanol–water partition coefficient (Wildman–Crippen LogP) is 2.06. The van der Waals surface area contributed by atoms with Gasteiger partial charge in [0.1, 0.15) is 16.1 Å². The van der Waals surface area contributed by atoms with Crippen molar-refractivity contribution in [1.82, 2.24) is 9.62 Å². The first-order valence-electron chi connectivity index (χ1n) is 8.07. The predicted molar refractivity (Wildman–Crippen MR) is 105 cm³/mol. The van der Waals surface area contributed by atoms with Crippen LogP contribution in [0.5, 0.6) is 0 Å². The lowest BCUT2D eigenvalue weighted by atomic mass is 10.2. The largest absolute Gasteiger partial charge is 0.398 e. The van der Waals surface area contributed by atoms with Gasteiger partial charge in [0, 0.05) is 20.6 Å². The third-order valence-electron chi connectivity index (χ3n) is 3.37. The zero-order valence-electron chi connectivity index (χ0n) is 15.1. The van der Waals surface area contributed by atoms with Crippen molar-refractivity contribution in [2.45, 2.75) is 42.4 Å². The fourth-order valence-corrected chi connectivity index (χ4v) is 4.78. The van der Waals surface area contributed by atoms with E-state index in [1.54, 1.807) is 14.1 Å². The van der Waals surface area contributed by atoms with E-state index in [1.165, 1.54) is 4.90 Å². The van der Waals surface area contributed by atoms with Crippen molar-refractivity contribution < 1.29 is 16.8 Å². The quantitative estimate of drug-likeness (QED) is 0.256. The molecule has 0 bridgehead atoms. The highest BCUT2D eigenvalue weighted by atomic mass is 35.5. The number of anilines is 1. The van der Waals surface area contributed by atoms with Gasteiger partial charge < -0.3 is 10.6 Å². The van der Waals surface area contributed by atoms with Gasteiger partial charge in [-0.15, -0.1) is 4.40 Å². The first-order valence-corrected chi connectivity index (χ1v) is 11.4. The standard InChI is InChI=1S/C15H25ClN4O4S2/c1-4-5-6-7-8-18-26(23,24)15-10-14(12(16)9-13(15)17)25(21,22)19-11-20(2)3/h9-11,18H,4-8,17H2,1-3H3/b19-11+. The third kappa shape index (κ3) is 6.42. The summed E-state index contributed by atoms with van der Waals surface area (Å²) >= 11 is 5.95. The number of nitrogen functional groups attached to an aromatic ring is 1. The lowest BCUT2D eigenvalue weighted by molar-refractivity contribution is 0.573. The van der Waals surface area contributed by atoms with Crippen LogP contribution in [0.3, 0.4) is 0 Å². The molecular formula is C15H25ClN4O4S2. The number of unbranched alkanes of at least 4 members (excludes halogenated alkanes) is 3. The Balaban J connectivity index is 3.18. The number of halogens is 1. The topological polar surface area (TPSA) is 122 Å². The maximum Gasteiger partial charge on any atom is 0.285 e. The Kier molecular flexibility index (Phi) is 8.32. The van der Waals surface area contributed by atoms with Gasteiger partial charge in [0.15, 0.2) is 0 Å². The summed E-state index contributed by atoms with van der Waals surface area (Å²) in [4.78, 5) is 0.673. The van der Waals surface area contributed by atoms with Gasteiger partial charge >= 0.3 is 0 Å². The van der Waals surface area contributed by atoms with Crippen molar-refractivity contribution in [2.24, 2.45) is 4.40 Å².